The lowest BCUT2D eigenvalue weighted by molar-refractivity contribution is 0.551. The van der Waals surface area contributed by atoms with Crippen molar-refractivity contribution < 1.29 is 12.8 Å². The molecule has 1 aromatic carbocycles. The topological polar surface area (TPSA) is 76.9 Å². The van der Waals surface area contributed by atoms with E-state index in [0.29, 0.717) is 5.82 Å². The molecule has 1 N–H and O–H groups in total. The molecule has 0 radical (unpaired) electrons. The van der Waals surface area contributed by atoms with Gasteiger partial charge < -0.3 is 4.57 Å². The first-order valence-electron chi connectivity index (χ1n) is 5.62. The molecule has 0 aliphatic carbocycles. The van der Waals surface area contributed by atoms with Gasteiger partial charge in [-0.15, -0.1) is 10.2 Å². The first-order chi connectivity index (χ1) is 9.31. The summed E-state index contributed by atoms with van der Waals surface area (Å²) in [7, 11) is -2.13. The molecule has 0 amide bonds. The van der Waals surface area contributed by atoms with Crippen LogP contribution in [0, 0.1) is 5.82 Å². The molecule has 108 valence electrons. The normalized spacial score (nSPS) is 13.4. The molecule has 1 aromatic heterocycles. The number of benzene rings is 1. The van der Waals surface area contributed by atoms with E-state index in [4.69, 9.17) is 0 Å². The second kappa shape index (κ2) is 5.58. The molecule has 0 spiro atoms. The molecule has 2 rings (SSSR count). The smallest absolute Gasteiger partial charge is 0.241 e. The minimum atomic E-state index is -3.83. The number of nitrogens with zero attached hydrogens (tertiary/aromatic N) is 3. The Morgan fingerprint density at radius 2 is 2.15 bits per heavy atom. The molecule has 0 saturated heterocycles. The summed E-state index contributed by atoms with van der Waals surface area (Å²) in [6, 6.07) is 3.03. The van der Waals surface area contributed by atoms with Crippen LogP contribution < -0.4 is 4.72 Å². The molecule has 0 aliphatic rings. The van der Waals surface area contributed by atoms with E-state index < -0.39 is 21.9 Å². The van der Waals surface area contributed by atoms with Crippen LogP contribution in [0.15, 0.2) is 33.9 Å². The zero-order valence-electron chi connectivity index (χ0n) is 10.7. The standard InChI is InChI=1S/C11H12BrFN4O2S/c1-7(11-15-14-6-17(11)2)16-20(18,19)8-3-4-9(12)10(13)5-8/h3-7,16H,1-2H3. The lowest BCUT2D eigenvalue weighted by Gasteiger charge is -2.13. The SMILES string of the molecule is CC(NS(=O)(=O)c1ccc(Br)c(F)c1)c1nncn1C. The quantitative estimate of drug-likeness (QED) is 0.898. The van der Waals surface area contributed by atoms with Crippen LogP contribution in [-0.4, -0.2) is 23.2 Å². The number of halogens is 2. The monoisotopic (exact) mass is 362 g/mol. The maximum Gasteiger partial charge on any atom is 0.241 e. The van der Waals surface area contributed by atoms with Gasteiger partial charge in [-0.3, -0.25) is 0 Å². The summed E-state index contributed by atoms with van der Waals surface area (Å²) in [5.74, 6) is -0.176. The van der Waals surface area contributed by atoms with Crippen molar-refractivity contribution >= 4 is 26.0 Å². The zero-order chi connectivity index (χ0) is 14.9. The molecule has 1 atom stereocenters. The summed E-state index contributed by atoms with van der Waals surface area (Å²) in [6.45, 7) is 1.64. The number of hydrogen-bond acceptors (Lipinski definition) is 4. The van der Waals surface area contributed by atoms with Gasteiger partial charge in [-0.05, 0) is 41.1 Å². The van der Waals surface area contributed by atoms with Gasteiger partial charge in [-0.25, -0.2) is 17.5 Å². The number of aromatic nitrogens is 3. The van der Waals surface area contributed by atoms with E-state index in [2.05, 4.69) is 30.8 Å². The minimum Gasteiger partial charge on any atom is -0.319 e. The van der Waals surface area contributed by atoms with E-state index in [1.165, 1.54) is 18.5 Å². The third-order valence-electron chi connectivity index (χ3n) is 2.67. The molecule has 1 unspecified atom stereocenters. The molecule has 9 heteroatoms. The third kappa shape index (κ3) is 3.05. The Labute approximate surface area is 124 Å². The lowest BCUT2D eigenvalue weighted by atomic mass is 10.3. The van der Waals surface area contributed by atoms with E-state index in [9.17, 15) is 12.8 Å². The van der Waals surface area contributed by atoms with Crippen molar-refractivity contribution in [2.75, 3.05) is 0 Å². The average molecular weight is 363 g/mol. The maximum atomic E-state index is 13.4. The Kier molecular flexibility index (Phi) is 4.21. The molecule has 2 aromatic rings. The second-order valence-electron chi connectivity index (χ2n) is 4.22. The fraction of sp³-hybridized carbons (Fsp3) is 0.273. The number of aryl methyl sites for hydroxylation is 1. The van der Waals surface area contributed by atoms with E-state index in [-0.39, 0.29) is 9.37 Å². The largest absolute Gasteiger partial charge is 0.319 e. The van der Waals surface area contributed by atoms with Crippen molar-refractivity contribution in [2.45, 2.75) is 17.9 Å². The summed E-state index contributed by atoms with van der Waals surface area (Å²) in [6.07, 6.45) is 1.47. The minimum absolute atomic E-state index is 0.146. The van der Waals surface area contributed by atoms with E-state index in [1.54, 1.807) is 18.5 Å². The van der Waals surface area contributed by atoms with Crippen molar-refractivity contribution in [3.05, 3.63) is 40.6 Å². The van der Waals surface area contributed by atoms with E-state index >= 15 is 0 Å². The summed E-state index contributed by atoms with van der Waals surface area (Å²) < 4.78 is 42.0. The second-order valence-corrected chi connectivity index (χ2v) is 6.79. The van der Waals surface area contributed by atoms with Gasteiger partial charge >= 0.3 is 0 Å². The van der Waals surface area contributed by atoms with Crippen LogP contribution in [0.5, 0.6) is 0 Å². The molecular formula is C11H12BrFN4O2S. The number of hydrogen-bond donors (Lipinski definition) is 1. The number of sulfonamides is 1. The van der Waals surface area contributed by atoms with Gasteiger partial charge in [0, 0.05) is 7.05 Å². The van der Waals surface area contributed by atoms with Gasteiger partial charge in [0.1, 0.15) is 18.0 Å². The highest BCUT2D eigenvalue weighted by Crippen LogP contribution is 2.20. The zero-order valence-corrected chi connectivity index (χ0v) is 13.1. The predicted octanol–water partition coefficient (Wildman–Crippen LogP) is 1.76. The summed E-state index contributed by atoms with van der Waals surface area (Å²) in [5, 5.41) is 7.51. The highest BCUT2D eigenvalue weighted by molar-refractivity contribution is 9.10. The first-order valence-corrected chi connectivity index (χ1v) is 7.90. The fourth-order valence-corrected chi connectivity index (χ4v) is 3.14. The molecule has 0 aliphatic heterocycles. The molecule has 0 saturated carbocycles. The van der Waals surface area contributed by atoms with Gasteiger partial charge in [0.15, 0.2) is 0 Å². The van der Waals surface area contributed by atoms with Crippen molar-refractivity contribution in [1.29, 1.82) is 0 Å². The van der Waals surface area contributed by atoms with Gasteiger partial charge in [-0.1, -0.05) is 0 Å². The molecule has 6 nitrogen and oxygen atoms in total. The maximum absolute atomic E-state index is 13.4. The van der Waals surface area contributed by atoms with Crippen LogP contribution in [0.4, 0.5) is 4.39 Å². The summed E-state index contributed by atoms with van der Waals surface area (Å²) in [4.78, 5) is -0.146. The van der Waals surface area contributed by atoms with Crippen molar-refractivity contribution in [3.8, 4) is 0 Å². The molecule has 20 heavy (non-hydrogen) atoms. The van der Waals surface area contributed by atoms with Crippen LogP contribution in [0.25, 0.3) is 0 Å². The average Bonchev–Trinajstić information content (AvgIpc) is 2.78. The van der Waals surface area contributed by atoms with Crippen molar-refractivity contribution in [2.24, 2.45) is 7.05 Å². The van der Waals surface area contributed by atoms with Gasteiger partial charge in [0.2, 0.25) is 10.0 Å². The first kappa shape index (κ1) is 15.1. The molecule has 0 fully saturated rings. The Balaban J connectivity index is 2.27. The highest BCUT2D eigenvalue weighted by atomic mass is 79.9. The van der Waals surface area contributed by atoms with Crippen molar-refractivity contribution in [3.63, 3.8) is 0 Å². The Bertz CT molecular complexity index is 732. The lowest BCUT2D eigenvalue weighted by Crippen LogP contribution is -2.28. The highest BCUT2D eigenvalue weighted by Gasteiger charge is 2.21. The van der Waals surface area contributed by atoms with Gasteiger partial charge in [-0.2, -0.15) is 0 Å². The van der Waals surface area contributed by atoms with Crippen LogP contribution in [0.3, 0.4) is 0 Å². The third-order valence-corrected chi connectivity index (χ3v) is 4.85. The van der Waals surface area contributed by atoms with E-state index in [0.717, 1.165) is 6.07 Å². The van der Waals surface area contributed by atoms with Crippen LogP contribution in [0.2, 0.25) is 0 Å². The summed E-state index contributed by atoms with van der Waals surface area (Å²) in [5.41, 5.74) is 0. The molecule has 1 heterocycles. The summed E-state index contributed by atoms with van der Waals surface area (Å²) >= 11 is 2.98. The van der Waals surface area contributed by atoms with Crippen molar-refractivity contribution in [1.82, 2.24) is 19.5 Å². The van der Waals surface area contributed by atoms with Gasteiger partial charge in [0.25, 0.3) is 0 Å². The van der Waals surface area contributed by atoms with Gasteiger partial charge in [0.05, 0.1) is 15.4 Å². The Morgan fingerprint density at radius 1 is 1.45 bits per heavy atom. The van der Waals surface area contributed by atoms with E-state index in [1.807, 2.05) is 0 Å². The molecule has 0 bridgehead atoms. The molecular weight excluding hydrogens is 351 g/mol. The Hall–Kier alpha value is -1.32. The van der Waals surface area contributed by atoms with Crippen LogP contribution in [0.1, 0.15) is 18.8 Å². The predicted molar refractivity (Wildman–Crippen MR) is 73.8 cm³/mol. The fourth-order valence-electron chi connectivity index (χ4n) is 1.68. The Morgan fingerprint density at radius 3 is 2.70 bits per heavy atom. The van der Waals surface area contributed by atoms with Crippen LogP contribution >= 0.6 is 15.9 Å². The number of rotatable bonds is 4. The number of nitrogens with one attached hydrogen (secondary N) is 1. The van der Waals surface area contributed by atoms with Crippen LogP contribution in [-0.2, 0) is 17.1 Å².